The summed E-state index contributed by atoms with van der Waals surface area (Å²) in [7, 11) is 0. The fraction of sp³-hybridized carbons (Fsp3) is 0.733. The number of carboxylic acids is 2. The summed E-state index contributed by atoms with van der Waals surface area (Å²) in [6.45, 7) is 2.26. The van der Waals surface area contributed by atoms with Gasteiger partial charge in [0.05, 0.1) is 0 Å². The second kappa shape index (κ2) is 20.5. The molecule has 0 saturated heterocycles. The van der Waals surface area contributed by atoms with Gasteiger partial charge in [0.1, 0.15) is 0 Å². The number of aryl methyl sites for hydroxylation is 3. The van der Waals surface area contributed by atoms with Gasteiger partial charge in [0.2, 0.25) is 0 Å². The van der Waals surface area contributed by atoms with Gasteiger partial charge in [-0.25, -0.2) is 0 Å². The largest absolute Gasteiger partial charge is 0.481 e. The molecule has 4 heteroatoms. The van der Waals surface area contributed by atoms with Crippen molar-refractivity contribution in [2.45, 2.75) is 142 Å². The van der Waals surface area contributed by atoms with Crippen LogP contribution in [0.25, 0.3) is 0 Å². The quantitative estimate of drug-likeness (QED) is 0.156. The first-order chi connectivity index (χ1) is 16.5. The molecular weight excluding hydrogens is 424 g/mol. The Bertz CT molecular complexity index is 668. The molecule has 0 fully saturated rings. The molecule has 0 aliphatic heterocycles. The zero-order chi connectivity index (χ0) is 24.9. The van der Waals surface area contributed by atoms with E-state index in [1.807, 2.05) is 0 Å². The molecule has 1 aromatic carbocycles. The highest BCUT2D eigenvalue weighted by atomic mass is 16.4. The number of carboxylic acid groups (broad SMARTS) is 2. The van der Waals surface area contributed by atoms with Crippen molar-refractivity contribution < 1.29 is 19.8 Å². The van der Waals surface area contributed by atoms with Crippen molar-refractivity contribution in [2.75, 3.05) is 0 Å². The van der Waals surface area contributed by atoms with E-state index in [1.165, 1.54) is 87.3 Å². The predicted octanol–water partition coefficient (Wildman–Crippen LogP) is 8.53. The number of hydrogen-bond acceptors (Lipinski definition) is 2. The van der Waals surface area contributed by atoms with Gasteiger partial charge >= 0.3 is 11.9 Å². The van der Waals surface area contributed by atoms with Gasteiger partial charge in [0, 0.05) is 12.8 Å². The van der Waals surface area contributed by atoms with E-state index in [2.05, 4.69) is 25.1 Å². The van der Waals surface area contributed by atoms with Crippen LogP contribution in [0.4, 0.5) is 0 Å². The van der Waals surface area contributed by atoms with Crippen LogP contribution in [0.3, 0.4) is 0 Å². The molecule has 0 radical (unpaired) electrons. The lowest BCUT2D eigenvalue weighted by molar-refractivity contribution is -0.138. The zero-order valence-electron chi connectivity index (χ0n) is 21.8. The number of unbranched alkanes of at least 4 members (excludes halogenated alkanes) is 13. The second-order valence-electron chi connectivity index (χ2n) is 9.94. The summed E-state index contributed by atoms with van der Waals surface area (Å²) in [6.07, 6.45) is 22.5. The van der Waals surface area contributed by atoms with Crippen LogP contribution in [0.2, 0.25) is 0 Å². The molecule has 2 N–H and O–H groups in total. The maximum Gasteiger partial charge on any atom is 0.303 e. The van der Waals surface area contributed by atoms with Crippen molar-refractivity contribution in [1.82, 2.24) is 0 Å². The van der Waals surface area contributed by atoms with Gasteiger partial charge in [-0.1, -0.05) is 95.8 Å². The van der Waals surface area contributed by atoms with Gasteiger partial charge in [-0.15, -0.1) is 0 Å². The molecule has 0 aliphatic rings. The van der Waals surface area contributed by atoms with Crippen molar-refractivity contribution in [3.63, 3.8) is 0 Å². The molecule has 4 nitrogen and oxygen atoms in total. The highest BCUT2D eigenvalue weighted by Crippen LogP contribution is 2.21. The van der Waals surface area contributed by atoms with E-state index >= 15 is 0 Å². The third kappa shape index (κ3) is 16.7. The Kier molecular flexibility index (Phi) is 18.2. The first-order valence-electron chi connectivity index (χ1n) is 14.1. The van der Waals surface area contributed by atoms with E-state index < -0.39 is 11.9 Å². The van der Waals surface area contributed by atoms with Gasteiger partial charge in [-0.3, -0.25) is 9.59 Å². The summed E-state index contributed by atoms with van der Waals surface area (Å²) in [4.78, 5) is 21.3. The lowest BCUT2D eigenvalue weighted by Gasteiger charge is -2.13. The van der Waals surface area contributed by atoms with Crippen molar-refractivity contribution in [3.8, 4) is 0 Å². The van der Waals surface area contributed by atoms with Gasteiger partial charge in [-0.05, 0) is 68.1 Å². The second-order valence-corrected chi connectivity index (χ2v) is 9.94. The standard InChI is InChI=1S/C30H50O4/c1-2-3-4-5-8-13-18-26-23-24-27(19-14-9-6-11-16-21-29(31)32)28(25-26)20-15-10-7-12-17-22-30(33)34/h23-25H,2-22H2,1H3,(H,31,32)(H,33,34). The topological polar surface area (TPSA) is 74.6 Å². The predicted molar refractivity (Wildman–Crippen MR) is 142 cm³/mol. The van der Waals surface area contributed by atoms with E-state index in [0.29, 0.717) is 12.8 Å². The average molecular weight is 475 g/mol. The highest BCUT2D eigenvalue weighted by Gasteiger charge is 2.06. The van der Waals surface area contributed by atoms with E-state index in [-0.39, 0.29) is 0 Å². The third-order valence-corrected chi connectivity index (χ3v) is 6.76. The summed E-state index contributed by atoms with van der Waals surface area (Å²) in [5.74, 6) is -1.37. The van der Waals surface area contributed by atoms with Crippen LogP contribution in [0.15, 0.2) is 18.2 Å². The smallest absolute Gasteiger partial charge is 0.303 e. The Labute approximate surface area is 208 Å². The Morgan fingerprint density at radius 1 is 0.559 bits per heavy atom. The highest BCUT2D eigenvalue weighted by molar-refractivity contribution is 5.66. The van der Waals surface area contributed by atoms with E-state index in [4.69, 9.17) is 10.2 Å². The Hall–Kier alpha value is -1.84. The minimum absolute atomic E-state index is 0.292. The molecule has 0 heterocycles. The normalized spacial score (nSPS) is 11.1. The molecule has 1 aromatic rings. The van der Waals surface area contributed by atoms with Crippen LogP contribution in [-0.4, -0.2) is 22.2 Å². The maximum atomic E-state index is 10.6. The summed E-state index contributed by atoms with van der Waals surface area (Å²) in [5.41, 5.74) is 4.48. The third-order valence-electron chi connectivity index (χ3n) is 6.76. The first kappa shape index (κ1) is 30.2. The van der Waals surface area contributed by atoms with Crippen molar-refractivity contribution >= 4 is 11.9 Å². The Morgan fingerprint density at radius 3 is 1.53 bits per heavy atom. The molecule has 0 aromatic heterocycles. The Balaban J connectivity index is 2.46. The summed E-state index contributed by atoms with van der Waals surface area (Å²) >= 11 is 0. The molecule has 0 saturated carbocycles. The van der Waals surface area contributed by atoms with Gasteiger partial charge < -0.3 is 10.2 Å². The fourth-order valence-electron chi connectivity index (χ4n) is 4.66. The van der Waals surface area contributed by atoms with E-state index in [1.54, 1.807) is 0 Å². The maximum absolute atomic E-state index is 10.6. The summed E-state index contributed by atoms with van der Waals surface area (Å²) in [5, 5.41) is 17.5. The number of benzene rings is 1. The SMILES string of the molecule is CCCCCCCCc1ccc(CCCCCCCC(=O)O)c(CCCCCCCC(=O)O)c1. The number of hydrogen-bond donors (Lipinski definition) is 2. The molecule has 0 spiro atoms. The van der Waals surface area contributed by atoms with Gasteiger partial charge in [0.15, 0.2) is 0 Å². The lowest BCUT2D eigenvalue weighted by Crippen LogP contribution is -1.99. The molecule has 34 heavy (non-hydrogen) atoms. The first-order valence-corrected chi connectivity index (χ1v) is 14.1. The van der Waals surface area contributed by atoms with Gasteiger partial charge in [0.25, 0.3) is 0 Å². The van der Waals surface area contributed by atoms with Crippen LogP contribution in [0, 0.1) is 0 Å². The van der Waals surface area contributed by atoms with Crippen LogP contribution < -0.4 is 0 Å². The molecule has 0 atom stereocenters. The number of carbonyl (C=O) groups is 2. The molecule has 0 bridgehead atoms. The molecule has 1 rings (SSSR count). The molecule has 0 unspecified atom stereocenters. The van der Waals surface area contributed by atoms with Crippen molar-refractivity contribution in [2.24, 2.45) is 0 Å². The minimum Gasteiger partial charge on any atom is -0.481 e. The van der Waals surface area contributed by atoms with E-state index in [0.717, 1.165) is 51.4 Å². The number of rotatable bonds is 23. The van der Waals surface area contributed by atoms with Crippen LogP contribution in [-0.2, 0) is 28.9 Å². The fourth-order valence-corrected chi connectivity index (χ4v) is 4.66. The van der Waals surface area contributed by atoms with Crippen molar-refractivity contribution in [1.29, 1.82) is 0 Å². The van der Waals surface area contributed by atoms with Crippen LogP contribution >= 0.6 is 0 Å². The van der Waals surface area contributed by atoms with E-state index in [9.17, 15) is 9.59 Å². The summed E-state index contributed by atoms with van der Waals surface area (Å²) < 4.78 is 0. The minimum atomic E-state index is -0.687. The van der Waals surface area contributed by atoms with Crippen LogP contribution in [0.5, 0.6) is 0 Å². The molecule has 0 amide bonds. The van der Waals surface area contributed by atoms with Crippen LogP contribution in [0.1, 0.15) is 139 Å². The molecular formula is C30H50O4. The average Bonchev–Trinajstić information content (AvgIpc) is 2.80. The number of aliphatic carboxylic acids is 2. The Morgan fingerprint density at radius 2 is 1.00 bits per heavy atom. The monoisotopic (exact) mass is 474 g/mol. The molecule has 194 valence electrons. The lowest BCUT2D eigenvalue weighted by atomic mass is 9.93. The molecule has 0 aliphatic carbocycles. The van der Waals surface area contributed by atoms with Gasteiger partial charge in [-0.2, -0.15) is 0 Å². The van der Waals surface area contributed by atoms with Crippen molar-refractivity contribution in [3.05, 3.63) is 34.9 Å². The summed E-state index contributed by atoms with van der Waals surface area (Å²) in [6, 6.07) is 7.15. The zero-order valence-corrected chi connectivity index (χ0v) is 21.8.